The maximum Gasteiger partial charge on any atom is 0.263 e. The second kappa shape index (κ2) is 6.60. The summed E-state index contributed by atoms with van der Waals surface area (Å²) in [6.45, 7) is 1.69. The van der Waals surface area contributed by atoms with E-state index in [9.17, 15) is 4.79 Å². The first kappa shape index (κ1) is 15.7. The van der Waals surface area contributed by atoms with Crippen LogP contribution in [-0.2, 0) is 0 Å². The predicted molar refractivity (Wildman–Crippen MR) is 93.8 cm³/mol. The first-order chi connectivity index (χ1) is 12.7. The molecule has 4 rings (SSSR count). The number of nitrogens with zero attached hydrogens (tertiary/aromatic N) is 5. The van der Waals surface area contributed by atoms with E-state index in [0.717, 1.165) is 11.3 Å². The summed E-state index contributed by atoms with van der Waals surface area (Å²) in [4.78, 5) is 16.9. The van der Waals surface area contributed by atoms with Crippen molar-refractivity contribution < 1.29 is 9.32 Å². The van der Waals surface area contributed by atoms with Gasteiger partial charge in [0.05, 0.1) is 11.9 Å². The van der Waals surface area contributed by atoms with Crippen LogP contribution in [-0.4, -0.2) is 30.8 Å². The summed E-state index contributed by atoms with van der Waals surface area (Å²) < 4.78 is 6.88. The molecule has 4 aromatic rings. The van der Waals surface area contributed by atoms with Crippen LogP contribution in [0.3, 0.4) is 0 Å². The third-order valence-corrected chi connectivity index (χ3v) is 3.83. The van der Waals surface area contributed by atoms with E-state index >= 15 is 0 Å². The number of hydrogen-bond donors (Lipinski definition) is 1. The Hall–Kier alpha value is -3.81. The highest BCUT2D eigenvalue weighted by atomic mass is 16.5. The summed E-state index contributed by atoms with van der Waals surface area (Å²) in [6, 6.07) is 13.0. The molecule has 1 N–H and O–H groups in total. The summed E-state index contributed by atoms with van der Waals surface area (Å²) in [6.07, 6.45) is 4.82. The molecule has 0 radical (unpaired) electrons. The Morgan fingerprint density at radius 1 is 1.15 bits per heavy atom. The number of hydrogen-bond acceptors (Lipinski definition) is 6. The van der Waals surface area contributed by atoms with Crippen molar-refractivity contribution in [1.29, 1.82) is 0 Å². The van der Waals surface area contributed by atoms with Crippen molar-refractivity contribution in [1.82, 2.24) is 24.9 Å². The topological polar surface area (TPSA) is 98.7 Å². The standard InChI is InChI=1S/C18H14N6O2/c1-12-15(16(23-26-12)13-6-3-2-4-7-13)17(25)21-18-22-20-11-24(18)14-8-5-9-19-10-14/h2-11H,1H3,(H,21,22,25). The fourth-order valence-electron chi connectivity index (χ4n) is 2.60. The van der Waals surface area contributed by atoms with Gasteiger partial charge in [0, 0.05) is 11.8 Å². The van der Waals surface area contributed by atoms with Gasteiger partial charge in [0.15, 0.2) is 0 Å². The van der Waals surface area contributed by atoms with Gasteiger partial charge in [-0.2, -0.15) is 0 Å². The molecule has 3 heterocycles. The monoisotopic (exact) mass is 346 g/mol. The van der Waals surface area contributed by atoms with Gasteiger partial charge in [0.1, 0.15) is 23.3 Å². The van der Waals surface area contributed by atoms with Gasteiger partial charge in [-0.1, -0.05) is 35.5 Å². The Morgan fingerprint density at radius 3 is 2.77 bits per heavy atom. The Balaban J connectivity index is 1.67. The lowest BCUT2D eigenvalue weighted by molar-refractivity contribution is 0.102. The van der Waals surface area contributed by atoms with Gasteiger partial charge >= 0.3 is 0 Å². The second-order valence-electron chi connectivity index (χ2n) is 5.52. The van der Waals surface area contributed by atoms with Crippen LogP contribution in [0.4, 0.5) is 5.95 Å². The molecule has 0 fully saturated rings. The molecule has 8 heteroatoms. The van der Waals surface area contributed by atoms with E-state index < -0.39 is 0 Å². The lowest BCUT2D eigenvalue weighted by atomic mass is 10.1. The normalized spacial score (nSPS) is 10.7. The van der Waals surface area contributed by atoms with Crippen LogP contribution in [0.5, 0.6) is 0 Å². The highest BCUT2D eigenvalue weighted by Crippen LogP contribution is 2.26. The van der Waals surface area contributed by atoms with Gasteiger partial charge < -0.3 is 4.52 Å². The maximum atomic E-state index is 12.9. The summed E-state index contributed by atoms with van der Waals surface area (Å²) in [5.74, 6) is 0.331. The Morgan fingerprint density at radius 2 is 2.00 bits per heavy atom. The SMILES string of the molecule is Cc1onc(-c2ccccc2)c1C(=O)Nc1nncn1-c1cccnc1. The van der Waals surface area contributed by atoms with E-state index in [-0.39, 0.29) is 11.9 Å². The van der Waals surface area contributed by atoms with E-state index in [4.69, 9.17) is 4.52 Å². The minimum absolute atomic E-state index is 0.280. The van der Waals surface area contributed by atoms with E-state index in [1.165, 1.54) is 6.33 Å². The molecule has 3 aromatic heterocycles. The lowest BCUT2D eigenvalue weighted by Crippen LogP contribution is -2.16. The molecule has 0 saturated carbocycles. The molecule has 26 heavy (non-hydrogen) atoms. The molecular formula is C18H14N6O2. The molecule has 0 bridgehead atoms. The first-order valence-corrected chi connectivity index (χ1v) is 7.87. The largest absolute Gasteiger partial charge is 0.360 e. The van der Waals surface area contributed by atoms with Gasteiger partial charge in [0.2, 0.25) is 5.95 Å². The zero-order valence-corrected chi connectivity index (χ0v) is 13.8. The molecule has 1 aromatic carbocycles. The zero-order chi connectivity index (χ0) is 17.9. The maximum absolute atomic E-state index is 12.9. The van der Waals surface area contributed by atoms with Crippen LogP contribution in [0, 0.1) is 6.92 Å². The third-order valence-electron chi connectivity index (χ3n) is 3.83. The minimum Gasteiger partial charge on any atom is -0.360 e. The van der Waals surface area contributed by atoms with Gasteiger partial charge in [-0.05, 0) is 19.1 Å². The van der Waals surface area contributed by atoms with Crippen LogP contribution < -0.4 is 5.32 Å². The summed E-state index contributed by atoms with van der Waals surface area (Å²) in [7, 11) is 0. The number of rotatable bonds is 4. The van der Waals surface area contributed by atoms with Gasteiger partial charge in [0.25, 0.3) is 5.91 Å². The Labute approximate surface area is 148 Å². The molecule has 1 amide bonds. The molecule has 0 unspecified atom stereocenters. The van der Waals surface area contributed by atoms with Crippen LogP contribution >= 0.6 is 0 Å². The van der Waals surface area contributed by atoms with Crippen LogP contribution in [0.2, 0.25) is 0 Å². The van der Waals surface area contributed by atoms with Crippen LogP contribution in [0.1, 0.15) is 16.1 Å². The molecule has 8 nitrogen and oxygen atoms in total. The number of benzene rings is 1. The van der Waals surface area contributed by atoms with Crippen molar-refractivity contribution in [3.63, 3.8) is 0 Å². The number of nitrogens with one attached hydrogen (secondary N) is 1. The van der Waals surface area contributed by atoms with Crippen molar-refractivity contribution in [3.8, 4) is 16.9 Å². The second-order valence-corrected chi connectivity index (χ2v) is 5.52. The molecule has 0 aliphatic rings. The van der Waals surface area contributed by atoms with Crippen molar-refractivity contribution in [2.45, 2.75) is 6.92 Å². The van der Waals surface area contributed by atoms with Crippen LogP contribution in [0.15, 0.2) is 65.7 Å². The van der Waals surface area contributed by atoms with Crippen LogP contribution in [0.25, 0.3) is 16.9 Å². The zero-order valence-electron chi connectivity index (χ0n) is 13.8. The summed E-state index contributed by atoms with van der Waals surface area (Å²) >= 11 is 0. The Kier molecular flexibility index (Phi) is 3.98. The first-order valence-electron chi connectivity index (χ1n) is 7.87. The fourth-order valence-corrected chi connectivity index (χ4v) is 2.60. The molecule has 0 saturated heterocycles. The van der Waals surface area contributed by atoms with Crippen molar-refractivity contribution in [2.24, 2.45) is 0 Å². The van der Waals surface area contributed by atoms with Crippen molar-refractivity contribution >= 4 is 11.9 Å². The molecule has 0 atom stereocenters. The van der Waals surface area contributed by atoms with E-state index in [1.54, 1.807) is 30.0 Å². The highest BCUT2D eigenvalue weighted by molar-refractivity contribution is 6.08. The van der Waals surface area contributed by atoms with Gasteiger partial charge in [-0.25, -0.2) is 0 Å². The smallest absolute Gasteiger partial charge is 0.263 e. The van der Waals surface area contributed by atoms with Gasteiger partial charge in [-0.3, -0.25) is 19.7 Å². The third kappa shape index (κ3) is 2.84. The minimum atomic E-state index is -0.374. The molecule has 128 valence electrons. The number of pyridine rings is 1. The number of carbonyl (C=O) groups excluding carboxylic acids is 1. The quantitative estimate of drug-likeness (QED) is 0.610. The molecular weight excluding hydrogens is 332 g/mol. The highest BCUT2D eigenvalue weighted by Gasteiger charge is 2.23. The number of anilines is 1. The average molecular weight is 346 g/mol. The Bertz CT molecular complexity index is 1040. The summed E-state index contributed by atoms with van der Waals surface area (Å²) in [5, 5.41) is 14.6. The number of aryl methyl sites for hydroxylation is 1. The summed E-state index contributed by atoms with van der Waals surface area (Å²) in [5.41, 5.74) is 2.37. The molecule has 0 aliphatic heterocycles. The lowest BCUT2D eigenvalue weighted by Gasteiger charge is -2.07. The van der Waals surface area contributed by atoms with E-state index in [2.05, 4.69) is 25.7 Å². The van der Waals surface area contributed by atoms with E-state index in [1.807, 2.05) is 36.4 Å². The number of carbonyl (C=O) groups is 1. The van der Waals surface area contributed by atoms with Crippen molar-refractivity contribution in [2.75, 3.05) is 5.32 Å². The number of aromatic nitrogens is 5. The fraction of sp³-hybridized carbons (Fsp3) is 0.0556. The van der Waals surface area contributed by atoms with Gasteiger partial charge in [-0.15, -0.1) is 10.2 Å². The molecule has 0 aliphatic carbocycles. The van der Waals surface area contributed by atoms with Crippen molar-refractivity contribution in [3.05, 3.63) is 72.5 Å². The predicted octanol–water partition coefficient (Wildman–Crippen LogP) is 2.88. The average Bonchev–Trinajstić information content (AvgIpc) is 3.29. The molecule has 0 spiro atoms. The van der Waals surface area contributed by atoms with E-state index in [0.29, 0.717) is 17.0 Å². The number of amides is 1.